The molecule has 0 amide bonds. The monoisotopic (exact) mass is 1110 g/mol. The number of hydrogen-bond acceptors (Lipinski definition) is 8. The van der Waals surface area contributed by atoms with Crippen molar-refractivity contribution >= 4 is 19.8 Å². The summed E-state index contributed by atoms with van der Waals surface area (Å²) in [6, 6.07) is 0. The maximum absolute atomic E-state index is 12.8. The van der Waals surface area contributed by atoms with E-state index in [-0.39, 0.29) is 32.0 Å². The molecule has 0 radical (unpaired) electrons. The van der Waals surface area contributed by atoms with Gasteiger partial charge in [-0.3, -0.25) is 14.2 Å². The van der Waals surface area contributed by atoms with Crippen LogP contribution in [0.15, 0.2) is 0 Å². The molecule has 0 aromatic heterocycles. The Morgan fingerprint density at radius 2 is 0.584 bits per heavy atom. The van der Waals surface area contributed by atoms with Gasteiger partial charge in [-0.1, -0.05) is 341 Å². The largest absolute Gasteiger partial charge is 0.756 e. The van der Waals surface area contributed by atoms with Crippen LogP contribution in [0, 0.1) is 0 Å². The van der Waals surface area contributed by atoms with Crippen LogP contribution in [0.3, 0.4) is 0 Å². The molecule has 0 bridgehead atoms. The van der Waals surface area contributed by atoms with Crippen LogP contribution in [0.5, 0.6) is 0 Å². The molecular formula is C67H134NO8P. The van der Waals surface area contributed by atoms with Crippen LogP contribution >= 0.6 is 7.82 Å². The van der Waals surface area contributed by atoms with Gasteiger partial charge >= 0.3 is 11.9 Å². The second-order valence-corrected chi connectivity index (χ2v) is 26.3. The minimum atomic E-state index is -4.63. The average Bonchev–Trinajstić information content (AvgIpc) is 3.39. The van der Waals surface area contributed by atoms with E-state index in [0.29, 0.717) is 17.4 Å². The molecule has 0 spiro atoms. The number of unbranched alkanes of at least 4 members (excludes halogenated alkanes) is 51. The van der Waals surface area contributed by atoms with E-state index in [1.807, 2.05) is 21.1 Å². The van der Waals surface area contributed by atoms with Gasteiger partial charge in [0, 0.05) is 12.8 Å². The van der Waals surface area contributed by atoms with Crippen molar-refractivity contribution < 1.29 is 42.1 Å². The van der Waals surface area contributed by atoms with Crippen molar-refractivity contribution in [2.45, 2.75) is 373 Å². The fourth-order valence-electron chi connectivity index (χ4n) is 10.6. The Bertz CT molecular complexity index is 1260. The van der Waals surface area contributed by atoms with E-state index >= 15 is 0 Å². The standard InChI is InChI=1S/C67H134NO8P/c1-6-8-10-12-14-16-18-20-22-24-26-28-30-32-33-34-36-38-40-42-44-46-48-50-52-54-56-58-60-67(70)76-65(64-75-77(71,72)74-62-61-68(3,4)5)63-73-66(69)59-57-55-53-51-49-47-45-43-41-39-37-35-31-29-27-25-23-21-19-17-15-13-11-9-7-2/h65H,6-64H2,1-5H3. The summed E-state index contributed by atoms with van der Waals surface area (Å²) in [7, 11) is 1.20. The van der Waals surface area contributed by atoms with Crippen LogP contribution in [0.4, 0.5) is 0 Å². The molecule has 460 valence electrons. The number of carbonyl (C=O) groups excluding carboxylic acids is 2. The molecule has 0 N–H and O–H groups in total. The van der Waals surface area contributed by atoms with Crippen LogP contribution in [-0.2, 0) is 32.7 Å². The summed E-state index contributed by atoms with van der Waals surface area (Å²) < 4.78 is 34.3. The van der Waals surface area contributed by atoms with Crippen LogP contribution in [0.1, 0.15) is 367 Å². The third-order valence-electron chi connectivity index (χ3n) is 15.9. The summed E-state index contributed by atoms with van der Waals surface area (Å²) in [5.74, 6) is -0.804. The number of phosphoric ester groups is 1. The zero-order chi connectivity index (χ0) is 56.3. The first kappa shape index (κ1) is 76.0. The Kier molecular flexibility index (Phi) is 58.9. The van der Waals surface area contributed by atoms with E-state index in [4.69, 9.17) is 18.5 Å². The molecular weight excluding hydrogens is 978 g/mol. The summed E-state index contributed by atoms with van der Waals surface area (Å²) in [6.07, 6.45) is 70.4. The normalized spacial score (nSPS) is 13.1. The van der Waals surface area contributed by atoms with Crippen molar-refractivity contribution in [3.63, 3.8) is 0 Å². The Morgan fingerprint density at radius 1 is 0.351 bits per heavy atom. The van der Waals surface area contributed by atoms with Gasteiger partial charge in [0.25, 0.3) is 7.82 Å². The highest BCUT2D eigenvalue weighted by Gasteiger charge is 2.22. The van der Waals surface area contributed by atoms with Gasteiger partial charge in [-0.15, -0.1) is 0 Å². The van der Waals surface area contributed by atoms with Crippen molar-refractivity contribution in [3.8, 4) is 0 Å². The number of phosphoric acid groups is 1. The number of carbonyl (C=O) groups is 2. The van der Waals surface area contributed by atoms with Gasteiger partial charge in [0.05, 0.1) is 27.7 Å². The zero-order valence-electron chi connectivity index (χ0n) is 52.5. The van der Waals surface area contributed by atoms with Crippen molar-refractivity contribution in [1.82, 2.24) is 0 Å². The molecule has 0 rings (SSSR count). The SMILES string of the molecule is CCCCCCCCCCCCCCCCCCCCCCCCCCCCCCC(=O)OC(COC(=O)CCCCCCCCCCCCCCCCCCCCCCCCCCC)COP(=O)([O-])OCC[N+](C)(C)C. The van der Waals surface area contributed by atoms with E-state index in [1.165, 1.54) is 302 Å². The van der Waals surface area contributed by atoms with Crippen molar-refractivity contribution in [3.05, 3.63) is 0 Å². The summed E-state index contributed by atoms with van der Waals surface area (Å²) in [5, 5.41) is 0. The molecule has 0 fully saturated rings. The molecule has 2 atom stereocenters. The molecule has 9 nitrogen and oxygen atoms in total. The lowest BCUT2D eigenvalue weighted by molar-refractivity contribution is -0.870. The fourth-order valence-corrected chi connectivity index (χ4v) is 11.3. The Hall–Kier alpha value is -0.990. The van der Waals surface area contributed by atoms with E-state index < -0.39 is 26.5 Å². The van der Waals surface area contributed by atoms with E-state index in [1.54, 1.807) is 0 Å². The number of hydrogen-bond donors (Lipinski definition) is 0. The van der Waals surface area contributed by atoms with Crippen molar-refractivity contribution in [1.29, 1.82) is 0 Å². The lowest BCUT2D eigenvalue weighted by Gasteiger charge is -2.28. The number of rotatable bonds is 65. The second kappa shape index (κ2) is 59.6. The van der Waals surface area contributed by atoms with Gasteiger partial charge in [-0.25, -0.2) is 0 Å². The average molecular weight is 1110 g/mol. The lowest BCUT2D eigenvalue weighted by Crippen LogP contribution is -2.37. The molecule has 0 aliphatic carbocycles. The Labute approximate surface area is 480 Å². The van der Waals surface area contributed by atoms with Crippen LogP contribution < -0.4 is 4.89 Å². The third kappa shape index (κ3) is 64.1. The second-order valence-electron chi connectivity index (χ2n) is 24.9. The molecule has 0 saturated carbocycles. The fraction of sp³-hybridized carbons (Fsp3) is 0.970. The predicted octanol–water partition coefficient (Wildman–Crippen LogP) is 21.1. The number of likely N-dealkylation sites (N-methyl/N-ethyl adjacent to an activating group) is 1. The highest BCUT2D eigenvalue weighted by Crippen LogP contribution is 2.38. The molecule has 0 heterocycles. The highest BCUT2D eigenvalue weighted by atomic mass is 31.2. The van der Waals surface area contributed by atoms with Crippen molar-refractivity contribution in [2.24, 2.45) is 0 Å². The minimum Gasteiger partial charge on any atom is -0.756 e. The lowest BCUT2D eigenvalue weighted by atomic mass is 10.0. The van der Waals surface area contributed by atoms with Crippen molar-refractivity contribution in [2.75, 3.05) is 47.5 Å². The summed E-state index contributed by atoms with van der Waals surface area (Å²) >= 11 is 0. The minimum absolute atomic E-state index is 0.0248. The first-order valence-corrected chi connectivity index (χ1v) is 35.7. The topological polar surface area (TPSA) is 111 Å². The quantitative estimate of drug-likeness (QED) is 0.0256. The molecule has 10 heteroatoms. The first-order valence-electron chi connectivity index (χ1n) is 34.2. The summed E-state index contributed by atoms with van der Waals surface area (Å²) in [4.78, 5) is 38.0. The molecule has 0 aromatic carbocycles. The van der Waals surface area contributed by atoms with Crippen LogP contribution in [0.25, 0.3) is 0 Å². The molecule has 0 aliphatic rings. The van der Waals surface area contributed by atoms with Gasteiger partial charge < -0.3 is 27.9 Å². The van der Waals surface area contributed by atoms with Gasteiger partial charge in [-0.05, 0) is 12.8 Å². The van der Waals surface area contributed by atoms with Gasteiger partial charge in [-0.2, -0.15) is 0 Å². The smallest absolute Gasteiger partial charge is 0.306 e. The maximum atomic E-state index is 12.8. The van der Waals surface area contributed by atoms with Gasteiger partial charge in [0.15, 0.2) is 6.10 Å². The number of quaternary nitrogens is 1. The first-order chi connectivity index (χ1) is 37.5. The number of ether oxygens (including phenoxy) is 2. The van der Waals surface area contributed by atoms with E-state index in [2.05, 4.69) is 13.8 Å². The third-order valence-corrected chi connectivity index (χ3v) is 16.8. The Balaban J connectivity index is 3.99. The van der Waals surface area contributed by atoms with Gasteiger partial charge in [0.2, 0.25) is 0 Å². The molecule has 0 aliphatic heterocycles. The molecule has 0 saturated heterocycles. The van der Waals surface area contributed by atoms with E-state index in [0.717, 1.165) is 32.1 Å². The maximum Gasteiger partial charge on any atom is 0.306 e. The van der Waals surface area contributed by atoms with Crippen LogP contribution in [0.2, 0.25) is 0 Å². The Morgan fingerprint density at radius 3 is 0.831 bits per heavy atom. The number of nitrogens with zero attached hydrogens (tertiary/aromatic N) is 1. The molecule has 77 heavy (non-hydrogen) atoms. The van der Waals surface area contributed by atoms with E-state index in [9.17, 15) is 19.0 Å². The summed E-state index contributed by atoms with van der Waals surface area (Å²) in [6.45, 7) is 4.34. The summed E-state index contributed by atoms with van der Waals surface area (Å²) in [5.41, 5.74) is 0. The highest BCUT2D eigenvalue weighted by molar-refractivity contribution is 7.45. The molecule has 0 aromatic rings. The predicted molar refractivity (Wildman–Crippen MR) is 329 cm³/mol. The van der Waals surface area contributed by atoms with Gasteiger partial charge in [0.1, 0.15) is 19.8 Å². The zero-order valence-corrected chi connectivity index (χ0v) is 53.4. The number of esters is 2. The molecule has 2 unspecified atom stereocenters. The van der Waals surface area contributed by atoms with Crippen LogP contribution in [-0.4, -0.2) is 70.0 Å².